The van der Waals surface area contributed by atoms with Gasteiger partial charge >= 0.3 is 17.9 Å². The van der Waals surface area contributed by atoms with Gasteiger partial charge in [-0.2, -0.15) is 0 Å². The Kier molecular flexibility index (Phi) is 44.2. The van der Waals surface area contributed by atoms with E-state index in [9.17, 15) is 14.4 Å². The standard InChI is InChI=1S/C51H98O6/c1-5-8-10-12-14-16-17-23-27-31-35-39-43-50(53)56-46-48(45-55-49(52)42-38-34-30-25-15-13-11-9-6-2)57-51(54)44-40-36-32-28-24-21-19-18-20-22-26-29-33-37-41-47(4)7-3/h47-48H,5-46H2,1-4H3/t47?,48-/m1/s1. The molecule has 0 rings (SSSR count). The van der Waals surface area contributed by atoms with Crippen LogP contribution in [0.4, 0.5) is 0 Å². The summed E-state index contributed by atoms with van der Waals surface area (Å²) in [7, 11) is 0. The summed E-state index contributed by atoms with van der Waals surface area (Å²) >= 11 is 0. The van der Waals surface area contributed by atoms with Crippen molar-refractivity contribution in [3.8, 4) is 0 Å². The van der Waals surface area contributed by atoms with E-state index in [2.05, 4.69) is 27.7 Å². The summed E-state index contributed by atoms with van der Waals surface area (Å²) in [5.41, 5.74) is 0. The Morgan fingerprint density at radius 1 is 0.351 bits per heavy atom. The highest BCUT2D eigenvalue weighted by atomic mass is 16.6. The van der Waals surface area contributed by atoms with Crippen molar-refractivity contribution in [2.24, 2.45) is 5.92 Å². The van der Waals surface area contributed by atoms with Gasteiger partial charge in [0, 0.05) is 19.3 Å². The Balaban J connectivity index is 4.25. The summed E-state index contributed by atoms with van der Waals surface area (Å²) in [6.07, 6.45) is 46.5. The van der Waals surface area contributed by atoms with E-state index in [4.69, 9.17) is 14.2 Å². The predicted octanol–water partition coefficient (Wildman–Crippen LogP) is 16.3. The molecular formula is C51H98O6. The van der Waals surface area contributed by atoms with Gasteiger partial charge in [0.05, 0.1) is 0 Å². The molecule has 0 aliphatic carbocycles. The van der Waals surface area contributed by atoms with Crippen LogP contribution in [0.5, 0.6) is 0 Å². The topological polar surface area (TPSA) is 78.9 Å². The molecule has 57 heavy (non-hydrogen) atoms. The lowest BCUT2D eigenvalue weighted by Gasteiger charge is -2.18. The van der Waals surface area contributed by atoms with Gasteiger partial charge in [-0.05, 0) is 25.2 Å². The first-order valence-electron chi connectivity index (χ1n) is 25.4. The molecule has 338 valence electrons. The molecule has 6 nitrogen and oxygen atoms in total. The molecule has 0 saturated heterocycles. The van der Waals surface area contributed by atoms with Crippen LogP contribution in [0.3, 0.4) is 0 Å². The minimum atomic E-state index is -0.759. The quantitative estimate of drug-likeness (QED) is 0.0346. The van der Waals surface area contributed by atoms with E-state index in [-0.39, 0.29) is 31.1 Å². The van der Waals surface area contributed by atoms with Crippen LogP contribution in [0.25, 0.3) is 0 Å². The van der Waals surface area contributed by atoms with Crippen molar-refractivity contribution in [1.82, 2.24) is 0 Å². The first-order chi connectivity index (χ1) is 27.9. The van der Waals surface area contributed by atoms with Gasteiger partial charge in [0.25, 0.3) is 0 Å². The highest BCUT2D eigenvalue weighted by molar-refractivity contribution is 5.71. The third-order valence-electron chi connectivity index (χ3n) is 11.9. The molecule has 6 heteroatoms. The molecular weight excluding hydrogens is 709 g/mol. The van der Waals surface area contributed by atoms with E-state index in [0.29, 0.717) is 19.3 Å². The van der Waals surface area contributed by atoms with Gasteiger partial charge in [-0.3, -0.25) is 14.4 Å². The molecule has 0 aliphatic heterocycles. The molecule has 0 amide bonds. The lowest BCUT2D eigenvalue weighted by Crippen LogP contribution is -2.30. The Morgan fingerprint density at radius 3 is 0.912 bits per heavy atom. The van der Waals surface area contributed by atoms with Crippen LogP contribution < -0.4 is 0 Å². The third kappa shape index (κ3) is 43.8. The lowest BCUT2D eigenvalue weighted by atomic mass is 9.99. The molecule has 0 aromatic carbocycles. The largest absolute Gasteiger partial charge is 0.462 e. The van der Waals surface area contributed by atoms with E-state index < -0.39 is 6.10 Å². The molecule has 0 fully saturated rings. The highest BCUT2D eigenvalue weighted by Crippen LogP contribution is 2.17. The molecule has 0 bridgehead atoms. The molecule has 0 heterocycles. The summed E-state index contributed by atoms with van der Waals surface area (Å²) in [4.78, 5) is 37.8. The maximum atomic E-state index is 12.8. The van der Waals surface area contributed by atoms with Crippen LogP contribution in [0.15, 0.2) is 0 Å². The number of rotatable bonds is 46. The lowest BCUT2D eigenvalue weighted by molar-refractivity contribution is -0.167. The number of ether oxygens (including phenoxy) is 3. The monoisotopic (exact) mass is 807 g/mol. The number of esters is 3. The second kappa shape index (κ2) is 45.5. The Hall–Kier alpha value is -1.59. The Bertz CT molecular complexity index is 859. The van der Waals surface area contributed by atoms with Crippen molar-refractivity contribution >= 4 is 17.9 Å². The highest BCUT2D eigenvalue weighted by Gasteiger charge is 2.19. The van der Waals surface area contributed by atoms with E-state index in [1.165, 1.54) is 180 Å². The van der Waals surface area contributed by atoms with Crippen molar-refractivity contribution in [2.45, 2.75) is 291 Å². The van der Waals surface area contributed by atoms with Crippen LogP contribution in [0.2, 0.25) is 0 Å². The van der Waals surface area contributed by atoms with Gasteiger partial charge in [0.15, 0.2) is 6.10 Å². The molecule has 0 aromatic rings. The molecule has 0 N–H and O–H groups in total. The van der Waals surface area contributed by atoms with E-state index in [0.717, 1.165) is 63.7 Å². The number of carbonyl (C=O) groups is 3. The molecule has 0 aromatic heterocycles. The van der Waals surface area contributed by atoms with Crippen molar-refractivity contribution < 1.29 is 28.6 Å². The van der Waals surface area contributed by atoms with Gasteiger partial charge in [-0.1, -0.05) is 246 Å². The maximum Gasteiger partial charge on any atom is 0.306 e. The van der Waals surface area contributed by atoms with Gasteiger partial charge in [0.2, 0.25) is 0 Å². The molecule has 2 atom stereocenters. The summed E-state index contributed by atoms with van der Waals surface area (Å²) in [6.45, 7) is 9.04. The van der Waals surface area contributed by atoms with Crippen LogP contribution in [0.1, 0.15) is 285 Å². The fraction of sp³-hybridized carbons (Fsp3) is 0.941. The van der Waals surface area contributed by atoms with Crippen LogP contribution in [0, 0.1) is 5.92 Å². The van der Waals surface area contributed by atoms with Gasteiger partial charge in [0.1, 0.15) is 13.2 Å². The van der Waals surface area contributed by atoms with E-state index >= 15 is 0 Å². The predicted molar refractivity (Wildman–Crippen MR) is 243 cm³/mol. The molecule has 1 unspecified atom stereocenters. The number of unbranched alkanes of at least 4 members (excludes halogenated alkanes) is 32. The molecule has 0 saturated carbocycles. The van der Waals surface area contributed by atoms with E-state index in [1.807, 2.05) is 0 Å². The Labute approximate surface area is 355 Å². The summed E-state index contributed by atoms with van der Waals surface area (Å²) < 4.78 is 16.8. The minimum Gasteiger partial charge on any atom is -0.462 e. The zero-order chi connectivity index (χ0) is 41.7. The SMILES string of the molecule is CCCCCCCCCCCCCCC(=O)OC[C@@H](COC(=O)CCCCCCCCCCC)OC(=O)CCCCCCCCCCCCCCCCC(C)CC. The third-order valence-corrected chi connectivity index (χ3v) is 11.9. The number of carbonyl (C=O) groups excluding carboxylic acids is 3. The maximum absolute atomic E-state index is 12.8. The number of hydrogen-bond donors (Lipinski definition) is 0. The average Bonchev–Trinajstić information content (AvgIpc) is 3.21. The fourth-order valence-corrected chi connectivity index (χ4v) is 7.66. The van der Waals surface area contributed by atoms with Crippen molar-refractivity contribution in [2.75, 3.05) is 13.2 Å². The second-order valence-corrected chi connectivity index (χ2v) is 17.7. The van der Waals surface area contributed by atoms with Gasteiger partial charge in [-0.15, -0.1) is 0 Å². The zero-order valence-corrected chi connectivity index (χ0v) is 38.8. The molecule has 0 aliphatic rings. The van der Waals surface area contributed by atoms with Crippen molar-refractivity contribution in [1.29, 1.82) is 0 Å². The summed E-state index contributed by atoms with van der Waals surface area (Å²) in [6, 6.07) is 0. The minimum absolute atomic E-state index is 0.0630. The molecule has 0 spiro atoms. The smallest absolute Gasteiger partial charge is 0.306 e. The van der Waals surface area contributed by atoms with Crippen LogP contribution in [-0.4, -0.2) is 37.2 Å². The van der Waals surface area contributed by atoms with Gasteiger partial charge < -0.3 is 14.2 Å². The van der Waals surface area contributed by atoms with Gasteiger partial charge in [-0.25, -0.2) is 0 Å². The second-order valence-electron chi connectivity index (χ2n) is 17.7. The summed E-state index contributed by atoms with van der Waals surface area (Å²) in [5, 5.41) is 0. The first kappa shape index (κ1) is 55.4. The molecule has 0 radical (unpaired) electrons. The van der Waals surface area contributed by atoms with Crippen molar-refractivity contribution in [3.63, 3.8) is 0 Å². The van der Waals surface area contributed by atoms with Crippen LogP contribution >= 0.6 is 0 Å². The van der Waals surface area contributed by atoms with E-state index in [1.54, 1.807) is 0 Å². The Morgan fingerprint density at radius 2 is 0.614 bits per heavy atom. The normalized spacial score (nSPS) is 12.4. The zero-order valence-electron chi connectivity index (χ0n) is 38.8. The summed E-state index contributed by atoms with van der Waals surface area (Å²) in [5.74, 6) is 0.0460. The van der Waals surface area contributed by atoms with Crippen molar-refractivity contribution in [3.05, 3.63) is 0 Å². The van der Waals surface area contributed by atoms with Crippen LogP contribution in [-0.2, 0) is 28.6 Å². The number of hydrogen-bond acceptors (Lipinski definition) is 6. The first-order valence-corrected chi connectivity index (χ1v) is 25.4. The fourth-order valence-electron chi connectivity index (χ4n) is 7.66. The average molecular weight is 807 g/mol.